The van der Waals surface area contributed by atoms with Gasteiger partial charge in [-0.25, -0.2) is 8.42 Å². The van der Waals surface area contributed by atoms with Gasteiger partial charge in [0.15, 0.2) is 5.82 Å². The molecule has 3 aromatic rings. The lowest BCUT2D eigenvalue weighted by atomic mass is 10.1. The first-order chi connectivity index (χ1) is 16.1. The molecule has 0 N–H and O–H groups in total. The summed E-state index contributed by atoms with van der Waals surface area (Å²) in [4.78, 5) is 1.30. The van der Waals surface area contributed by atoms with Gasteiger partial charge in [-0.1, -0.05) is 23.7 Å². The molecule has 1 fully saturated rings. The molecule has 1 aliphatic rings. The lowest BCUT2D eigenvalue weighted by Crippen LogP contribution is -2.49. The van der Waals surface area contributed by atoms with Crippen LogP contribution in [0.4, 0.5) is 19.0 Å². The first-order valence-electron chi connectivity index (χ1n) is 10.2. The van der Waals surface area contributed by atoms with Crippen LogP contribution in [0.15, 0.2) is 59.5 Å². The molecule has 1 aromatic heterocycles. The van der Waals surface area contributed by atoms with E-state index in [-0.39, 0.29) is 18.1 Å². The Hall–Kier alpha value is -2.89. The number of anilines is 1. The standard InChI is InChI=1S/C22H20ClF3N4O3S/c1-33-19-5-3-2-4-16(19)18-8-9-21(28-27-18)29-10-12-30(13-11-29)34(31,32)20-14-15(22(24,25)26)6-7-17(20)23/h2-9,14H,10-13H2,1H3. The fourth-order valence-corrected chi connectivity index (χ4v) is 5.59. The van der Waals surface area contributed by atoms with Crippen LogP contribution in [-0.4, -0.2) is 56.2 Å². The van der Waals surface area contributed by atoms with E-state index in [1.165, 1.54) is 0 Å². The molecule has 7 nitrogen and oxygen atoms in total. The minimum Gasteiger partial charge on any atom is -0.496 e. The summed E-state index contributed by atoms with van der Waals surface area (Å²) in [5.41, 5.74) is 0.346. The van der Waals surface area contributed by atoms with Crippen LogP contribution in [0.2, 0.25) is 5.02 Å². The Morgan fingerprint density at radius 3 is 2.29 bits per heavy atom. The summed E-state index contributed by atoms with van der Waals surface area (Å²) in [5, 5.41) is 8.27. The second-order valence-corrected chi connectivity index (χ2v) is 9.82. The summed E-state index contributed by atoms with van der Waals surface area (Å²) in [6.07, 6.45) is -4.68. The average molecular weight is 513 g/mol. The van der Waals surface area contributed by atoms with Crippen LogP contribution >= 0.6 is 11.6 Å². The molecule has 0 atom stereocenters. The molecule has 0 spiro atoms. The molecule has 0 bridgehead atoms. The third-order valence-corrected chi connectivity index (χ3v) is 7.85. The van der Waals surface area contributed by atoms with Gasteiger partial charge in [0.2, 0.25) is 10.0 Å². The van der Waals surface area contributed by atoms with Gasteiger partial charge in [-0.2, -0.15) is 17.5 Å². The zero-order valence-electron chi connectivity index (χ0n) is 18.0. The summed E-state index contributed by atoms with van der Waals surface area (Å²) < 4.78 is 71.7. The van der Waals surface area contributed by atoms with Crippen molar-refractivity contribution in [3.8, 4) is 17.0 Å². The minimum atomic E-state index is -4.68. The molecule has 1 saturated heterocycles. The first-order valence-corrected chi connectivity index (χ1v) is 12.0. The van der Waals surface area contributed by atoms with Crippen molar-refractivity contribution in [1.29, 1.82) is 0 Å². The molecule has 0 radical (unpaired) electrons. The topological polar surface area (TPSA) is 75.6 Å². The molecule has 0 amide bonds. The Morgan fingerprint density at radius 1 is 0.971 bits per heavy atom. The van der Waals surface area contributed by atoms with Gasteiger partial charge in [0.25, 0.3) is 0 Å². The van der Waals surface area contributed by atoms with Gasteiger partial charge in [-0.3, -0.25) is 0 Å². The number of para-hydroxylation sites is 1. The second-order valence-electron chi connectivity index (χ2n) is 7.51. The number of hydrogen-bond acceptors (Lipinski definition) is 6. The molecule has 1 aliphatic heterocycles. The molecule has 2 heterocycles. The van der Waals surface area contributed by atoms with E-state index in [9.17, 15) is 21.6 Å². The van der Waals surface area contributed by atoms with Crippen molar-refractivity contribution < 1.29 is 26.3 Å². The summed E-state index contributed by atoms with van der Waals surface area (Å²) in [6.45, 7) is 0.701. The Bertz CT molecular complexity index is 1280. The molecule has 0 unspecified atom stereocenters. The fourth-order valence-electron chi connectivity index (χ4n) is 3.67. The van der Waals surface area contributed by atoms with Crippen molar-refractivity contribution in [1.82, 2.24) is 14.5 Å². The number of rotatable bonds is 5. The first kappa shape index (κ1) is 24.2. The average Bonchev–Trinajstić information content (AvgIpc) is 2.83. The van der Waals surface area contributed by atoms with Gasteiger partial charge in [-0.15, -0.1) is 10.2 Å². The van der Waals surface area contributed by atoms with E-state index in [2.05, 4.69) is 10.2 Å². The molecule has 34 heavy (non-hydrogen) atoms. The van der Waals surface area contributed by atoms with Gasteiger partial charge in [0, 0.05) is 31.7 Å². The zero-order valence-corrected chi connectivity index (χ0v) is 19.5. The number of piperazine rings is 1. The number of halogens is 4. The number of benzene rings is 2. The van der Waals surface area contributed by atoms with Crippen molar-refractivity contribution in [2.24, 2.45) is 0 Å². The maximum absolute atomic E-state index is 13.1. The minimum absolute atomic E-state index is 0.0604. The molecule has 12 heteroatoms. The highest BCUT2D eigenvalue weighted by atomic mass is 35.5. The van der Waals surface area contributed by atoms with Gasteiger partial charge in [-0.05, 0) is 42.5 Å². The quantitative estimate of drug-likeness (QED) is 0.506. The van der Waals surface area contributed by atoms with Gasteiger partial charge < -0.3 is 9.64 Å². The number of ether oxygens (including phenoxy) is 1. The summed E-state index contributed by atoms with van der Waals surface area (Å²) in [6, 6.07) is 13.3. The largest absolute Gasteiger partial charge is 0.496 e. The maximum atomic E-state index is 13.1. The van der Waals surface area contributed by atoms with E-state index < -0.39 is 26.7 Å². The predicted molar refractivity (Wildman–Crippen MR) is 121 cm³/mol. The number of sulfonamides is 1. The fraction of sp³-hybridized carbons (Fsp3) is 0.273. The number of nitrogens with zero attached hydrogens (tertiary/aromatic N) is 4. The third-order valence-electron chi connectivity index (χ3n) is 5.47. The van der Waals surface area contributed by atoms with Gasteiger partial charge in [0.1, 0.15) is 10.6 Å². The summed E-state index contributed by atoms with van der Waals surface area (Å²) in [5.74, 6) is 1.23. The maximum Gasteiger partial charge on any atom is 0.416 e. The van der Waals surface area contributed by atoms with E-state index in [1.807, 2.05) is 29.2 Å². The predicted octanol–water partition coefficient (Wildman–Crippen LogP) is 4.34. The highest BCUT2D eigenvalue weighted by Crippen LogP contribution is 2.35. The highest BCUT2D eigenvalue weighted by Gasteiger charge is 2.35. The zero-order chi connectivity index (χ0) is 24.5. The smallest absolute Gasteiger partial charge is 0.416 e. The molecular formula is C22H20ClF3N4O3S. The Labute approximate surface area is 199 Å². The van der Waals surface area contributed by atoms with E-state index in [0.29, 0.717) is 36.4 Å². The van der Waals surface area contributed by atoms with Crippen molar-refractivity contribution >= 4 is 27.4 Å². The lowest BCUT2D eigenvalue weighted by Gasteiger charge is -2.34. The van der Waals surface area contributed by atoms with Crippen molar-refractivity contribution in [3.63, 3.8) is 0 Å². The molecule has 0 saturated carbocycles. The number of hydrogen-bond donors (Lipinski definition) is 0. The molecule has 180 valence electrons. The van der Waals surface area contributed by atoms with Crippen LogP contribution in [0.5, 0.6) is 5.75 Å². The number of aromatic nitrogens is 2. The molecule has 0 aliphatic carbocycles. The number of alkyl halides is 3. The van der Waals surface area contributed by atoms with Crippen molar-refractivity contribution in [2.75, 3.05) is 38.2 Å². The second kappa shape index (κ2) is 9.40. The summed E-state index contributed by atoms with van der Waals surface area (Å²) >= 11 is 5.95. The molecule has 4 rings (SSSR count). The third kappa shape index (κ3) is 4.82. The molecular weight excluding hydrogens is 493 g/mol. The van der Waals surface area contributed by atoms with E-state index >= 15 is 0 Å². The van der Waals surface area contributed by atoms with Crippen LogP contribution in [0.25, 0.3) is 11.3 Å². The van der Waals surface area contributed by atoms with Crippen molar-refractivity contribution in [2.45, 2.75) is 11.1 Å². The van der Waals surface area contributed by atoms with Crippen LogP contribution < -0.4 is 9.64 Å². The summed E-state index contributed by atoms with van der Waals surface area (Å²) in [7, 11) is -2.64. The lowest BCUT2D eigenvalue weighted by molar-refractivity contribution is -0.137. The highest BCUT2D eigenvalue weighted by molar-refractivity contribution is 7.89. The Kier molecular flexibility index (Phi) is 6.70. The van der Waals surface area contributed by atoms with Crippen LogP contribution in [-0.2, 0) is 16.2 Å². The van der Waals surface area contributed by atoms with Crippen LogP contribution in [0, 0.1) is 0 Å². The van der Waals surface area contributed by atoms with Gasteiger partial charge in [0.05, 0.1) is 23.4 Å². The van der Waals surface area contributed by atoms with E-state index in [1.54, 1.807) is 19.2 Å². The van der Waals surface area contributed by atoms with Crippen molar-refractivity contribution in [3.05, 3.63) is 65.2 Å². The van der Waals surface area contributed by atoms with Gasteiger partial charge >= 0.3 is 6.18 Å². The monoisotopic (exact) mass is 512 g/mol. The Morgan fingerprint density at radius 2 is 1.68 bits per heavy atom. The normalized spacial score (nSPS) is 15.4. The number of methoxy groups -OCH3 is 1. The Balaban J connectivity index is 1.48. The van der Waals surface area contributed by atoms with Crippen LogP contribution in [0.1, 0.15) is 5.56 Å². The SMILES string of the molecule is COc1ccccc1-c1ccc(N2CCN(S(=O)(=O)c3cc(C(F)(F)F)ccc3Cl)CC2)nn1. The van der Waals surface area contributed by atoms with E-state index in [0.717, 1.165) is 22.0 Å². The van der Waals surface area contributed by atoms with Crippen LogP contribution in [0.3, 0.4) is 0 Å². The molecule has 2 aromatic carbocycles. The van der Waals surface area contributed by atoms with E-state index in [4.69, 9.17) is 16.3 Å².